The van der Waals surface area contributed by atoms with E-state index in [1.54, 1.807) is 12.1 Å². The van der Waals surface area contributed by atoms with Crippen LogP contribution >= 0.6 is 0 Å². The number of hydrogen-bond donors (Lipinski definition) is 2. The number of hydrogen-bond acceptors (Lipinski definition) is 3. The number of para-hydroxylation sites is 2. The van der Waals surface area contributed by atoms with Crippen LogP contribution in [0.1, 0.15) is 32.1 Å². The largest absolute Gasteiger partial charge is 0.478 e. The third-order valence-corrected chi connectivity index (χ3v) is 5.67. The zero-order valence-corrected chi connectivity index (χ0v) is 17.7. The van der Waals surface area contributed by atoms with Crippen LogP contribution in [0.5, 0.6) is 0 Å². The van der Waals surface area contributed by atoms with Gasteiger partial charge in [-0.1, -0.05) is 54.6 Å². The molecule has 0 atom stereocenters. The number of aromatic nitrogens is 2. The molecular weight excluding hydrogens is 414 g/mol. The van der Waals surface area contributed by atoms with E-state index in [0.717, 1.165) is 33.1 Å². The number of aromatic carboxylic acids is 1. The van der Waals surface area contributed by atoms with Crippen LogP contribution in [0.2, 0.25) is 0 Å². The molecule has 0 spiro atoms. The molecule has 1 amide bonds. The summed E-state index contributed by atoms with van der Waals surface area (Å²) in [4.78, 5) is 28.9. The van der Waals surface area contributed by atoms with Crippen molar-refractivity contribution in [1.29, 1.82) is 0 Å². The van der Waals surface area contributed by atoms with Crippen molar-refractivity contribution in [3.8, 4) is 0 Å². The van der Waals surface area contributed by atoms with Crippen LogP contribution in [0, 0.1) is 0 Å². The van der Waals surface area contributed by atoms with Crippen LogP contribution in [0.3, 0.4) is 0 Å². The van der Waals surface area contributed by atoms with Gasteiger partial charge in [-0.25, -0.2) is 4.79 Å². The lowest BCUT2D eigenvalue weighted by Gasteiger charge is -2.12. The molecule has 3 aromatic carbocycles. The van der Waals surface area contributed by atoms with Gasteiger partial charge in [-0.3, -0.25) is 9.78 Å². The Bertz CT molecular complexity index is 1490. The molecular formula is C27H21N3O3. The Morgan fingerprint density at radius 2 is 1.58 bits per heavy atom. The predicted octanol–water partition coefficient (Wildman–Crippen LogP) is 4.87. The molecule has 6 nitrogen and oxygen atoms in total. The molecule has 2 N–H and O–H groups in total. The molecule has 0 radical (unpaired) electrons. The van der Waals surface area contributed by atoms with Gasteiger partial charge in [0.05, 0.1) is 23.3 Å². The first-order chi connectivity index (χ1) is 16.1. The maximum Gasteiger partial charge on any atom is 0.335 e. The first-order valence-corrected chi connectivity index (χ1v) is 10.6. The molecule has 0 saturated carbocycles. The summed E-state index contributed by atoms with van der Waals surface area (Å²) in [6.07, 6.45) is 0. The summed E-state index contributed by atoms with van der Waals surface area (Å²) in [6.45, 7) is 0.767. The van der Waals surface area contributed by atoms with Crippen LogP contribution in [0.25, 0.3) is 21.8 Å². The number of nitrogens with one attached hydrogen (secondary N) is 1. The second kappa shape index (κ2) is 8.59. The predicted molar refractivity (Wildman–Crippen MR) is 127 cm³/mol. The fraction of sp³-hybridized carbons (Fsp3) is 0.0741. The summed E-state index contributed by atoms with van der Waals surface area (Å²) >= 11 is 0. The summed E-state index contributed by atoms with van der Waals surface area (Å²) in [5.41, 5.74) is 4.34. The number of fused-ring (bicyclic) bond motifs is 2. The molecule has 33 heavy (non-hydrogen) atoms. The van der Waals surface area contributed by atoms with Crippen molar-refractivity contribution in [1.82, 2.24) is 14.9 Å². The summed E-state index contributed by atoms with van der Waals surface area (Å²) in [5.74, 6) is -1.17. The Morgan fingerprint density at radius 3 is 2.36 bits per heavy atom. The number of rotatable bonds is 6. The van der Waals surface area contributed by atoms with Crippen LogP contribution in [-0.2, 0) is 13.1 Å². The summed E-state index contributed by atoms with van der Waals surface area (Å²) in [5, 5.41) is 14.1. The fourth-order valence-electron chi connectivity index (χ4n) is 3.97. The van der Waals surface area contributed by atoms with Gasteiger partial charge >= 0.3 is 5.97 Å². The Balaban J connectivity index is 1.43. The maximum atomic E-state index is 13.1. The number of benzene rings is 3. The molecule has 0 saturated heterocycles. The van der Waals surface area contributed by atoms with Gasteiger partial charge in [0.2, 0.25) is 0 Å². The van der Waals surface area contributed by atoms with Crippen molar-refractivity contribution in [2.45, 2.75) is 13.1 Å². The van der Waals surface area contributed by atoms with E-state index in [4.69, 9.17) is 10.1 Å². The number of amides is 1. The van der Waals surface area contributed by atoms with Crippen LogP contribution < -0.4 is 5.32 Å². The lowest BCUT2D eigenvalue weighted by molar-refractivity contribution is 0.0696. The van der Waals surface area contributed by atoms with E-state index < -0.39 is 5.97 Å². The highest BCUT2D eigenvalue weighted by molar-refractivity contribution is 5.98. The Labute approximate surface area is 190 Å². The van der Waals surface area contributed by atoms with Gasteiger partial charge in [-0.05, 0) is 42.0 Å². The lowest BCUT2D eigenvalue weighted by Crippen LogP contribution is -2.25. The molecule has 2 aromatic heterocycles. The number of carboxylic acid groups (broad SMARTS) is 1. The van der Waals surface area contributed by atoms with E-state index in [1.807, 2.05) is 71.3 Å². The molecule has 5 rings (SSSR count). The Kier molecular flexibility index (Phi) is 5.32. The van der Waals surface area contributed by atoms with Crippen molar-refractivity contribution >= 4 is 33.7 Å². The number of carboxylic acids is 1. The molecule has 162 valence electrons. The highest BCUT2D eigenvalue weighted by atomic mass is 16.4. The average molecular weight is 435 g/mol. The van der Waals surface area contributed by atoms with Gasteiger partial charge in [0, 0.05) is 22.8 Å². The smallest absolute Gasteiger partial charge is 0.335 e. The summed E-state index contributed by atoms with van der Waals surface area (Å²) in [7, 11) is 0. The number of pyridine rings is 1. The van der Waals surface area contributed by atoms with E-state index in [0.29, 0.717) is 18.8 Å². The third kappa shape index (κ3) is 4.19. The average Bonchev–Trinajstić information content (AvgIpc) is 3.21. The van der Waals surface area contributed by atoms with Crippen molar-refractivity contribution < 1.29 is 14.7 Å². The van der Waals surface area contributed by atoms with Crippen molar-refractivity contribution in [3.05, 3.63) is 114 Å². The molecule has 0 aliphatic heterocycles. The highest BCUT2D eigenvalue weighted by Gasteiger charge is 2.16. The van der Waals surface area contributed by atoms with Gasteiger partial charge < -0.3 is 15.0 Å². The van der Waals surface area contributed by atoms with Crippen molar-refractivity contribution in [2.75, 3.05) is 0 Å². The van der Waals surface area contributed by atoms with E-state index in [-0.39, 0.29) is 11.5 Å². The number of carbonyl (C=O) groups excluding carboxylic acids is 1. The number of carbonyl (C=O) groups is 2. The SMILES string of the molecule is O=C(O)c1ccc(CNC(=O)c2cc3ccccc3n2Cc2ccc3ccccc3n2)cc1. The quantitative estimate of drug-likeness (QED) is 0.399. The molecule has 6 heteroatoms. The van der Waals surface area contributed by atoms with E-state index in [1.165, 1.54) is 12.1 Å². The monoisotopic (exact) mass is 435 g/mol. The Hall–Kier alpha value is -4.45. The summed E-state index contributed by atoms with van der Waals surface area (Å²) < 4.78 is 1.98. The van der Waals surface area contributed by atoms with E-state index >= 15 is 0 Å². The minimum atomic E-state index is -0.975. The highest BCUT2D eigenvalue weighted by Crippen LogP contribution is 2.22. The molecule has 0 aliphatic rings. The summed E-state index contributed by atoms with van der Waals surface area (Å²) in [6, 6.07) is 28.3. The molecule has 2 heterocycles. The first kappa shape index (κ1) is 20.5. The van der Waals surface area contributed by atoms with Gasteiger partial charge in [-0.15, -0.1) is 0 Å². The molecule has 0 unspecified atom stereocenters. The topological polar surface area (TPSA) is 84.2 Å². The van der Waals surface area contributed by atoms with Gasteiger partial charge in [0.1, 0.15) is 5.69 Å². The second-order valence-corrected chi connectivity index (χ2v) is 7.85. The first-order valence-electron chi connectivity index (χ1n) is 10.6. The molecule has 5 aromatic rings. The molecule has 0 aliphatic carbocycles. The fourth-order valence-corrected chi connectivity index (χ4v) is 3.97. The second-order valence-electron chi connectivity index (χ2n) is 7.85. The molecule has 0 fully saturated rings. The van der Waals surface area contributed by atoms with Crippen LogP contribution in [0.4, 0.5) is 0 Å². The maximum absolute atomic E-state index is 13.1. The van der Waals surface area contributed by atoms with E-state index in [2.05, 4.69) is 5.32 Å². The third-order valence-electron chi connectivity index (χ3n) is 5.67. The van der Waals surface area contributed by atoms with Crippen molar-refractivity contribution in [2.24, 2.45) is 0 Å². The molecule has 0 bridgehead atoms. The minimum Gasteiger partial charge on any atom is -0.478 e. The normalized spacial score (nSPS) is 11.0. The number of nitrogens with zero attached hydrogens (tertiary/aromatic N) is 2. The standard InChI is InChI=1S/C27H21N3O3/c31-26(28-16-18-9-11-20(12-10-18)27(32)33)25-15-21-6-2-4-8-24(21)30(25)17-22-14-13-19-5-1-3-7-23(19)29-22/h1-15H,16-17H2,(H,28,31)(H,32,33). The van der Waals surface area contributed by atoms with Crippen LogP contribution in [0.15, 0.2) is 91.0 Å². The lowest BCUT2D eigenvalue weighted by atomic mass is 10.1. The van der Waals surface area contributed by atoms with Gasteiger partial charge in [0.25, 0.3) is 5.91 Å². The zero-order chi connectivity index (χ0) is 22.8. The van der Waals surface area contributed by atoms with Gasteiger partial charge in [0.15, 0.2) is 0 Å². The van der Waals surface area contributed by atoms with E-state index in [9.17, 15) is 9.59 Å². The minimum absolute atomic E-state index is 0.200. The van der Waals surface area contributed by atoms with Gasteiger partial charge in [-0.2, -0.15) is 0 Å². The van der Waals surface area contributed by atoms with Crippen LogP contribution in [-0.4, -0.2) is 26.5 Å². The Morgan fingerprint density at radius 1 is 0.848 bits per heavy atom. The van der Waals surface area contributed by atoms with Crippen molar-refractivity contribution in [3.63, 3.8) is 0 Å². The zero-order valence-electron chi connectivity index (χ0n) is 17.7.